The molecule has 0 bridgehead atoms. The van der Waals surface area contributed by atoms with Gasteiger partial charge >= 0.3 is 5.97 Å². The average molecular weight is 310 g/mol. The van der Waals surface area contributed by atoms with Crippen LogP contribution >= 0.6 is 11.6 Å². The van der Waals surface area contributed by atoms with Gasteiger partial charge in [-0.25, -0.2) is 0 Å². The number of ether oxygens (including phenoxy) is 1. The first kappa shape index (κ1) is 15.8. The molecule has 0 radical (unpaired) electrons. The molecule has 21 heavy (non-hydrogen) atoms. The molecule has 1 aromatic rings. The van der Waals surface area contributed by atoms with E-state index in [0.29, 0.717) is 30.3 Å². The Bertz CT molecular complexity index is 524. The van der Waals surface area contributed by atoms with E-state index in [0.717, 1.165) is 18.4 Å². The molecular formula is C16H20ClNO3. The lowest BCUT2D eigenvalue weighted by Gasteiger charge is -2.31. The standard InChI is InChI=1S/C16H20ClNO3/c1-3-21-16(20)12-5-4-6-18(10-12)15(19)13-7-11(2)8-14(17)9-13/h7-9,12H,3-6,10H2,1-2H3/t12-/m1/s1. The fourth-order valence-electron chi connectivity index (χ4n) is 2.66. The molecule has 1 heterocycles. The minimum absolute atomic E-state index is 0.0744. The summed E-state index contributed by atoms with van der Waals surface area (Å²) in [6.07, 6.45) is 1.59. The Morgan fingerprint density at radius 3 is 2.81 bits per heavy atom. The first-order valence-electron chi connectivity index (χ1n) is 7.24. The summed E-state index contributed by atoms with van der Waals surface area (Å²) in [5, 5.41) is 0.553. The number of hydrogen-bond donors (Lipinski definition) is 0. The summed E-state index contributed by atoms with van der Waals surface area (Å²) in [6, 6.07) is 5.31. The quantitative estimate of drug-likeness (QED) is 0.806. The molecular weight excluding hydrogens is 290 g/mol. The van der Waals surface area contributed by atoms with Crippen molar-refractivity contribution >= 4 is 23.5 Å². The van der Waals surface area contributed by atoms with Crippen molar-refractivity contribution in [2.75, 3.05) is 19.7 Å². The molecule has 1 fully saturated rings. The Balaban J connectivity index is 2.10. The summed E-state index contributed by atoms with van der Waals surface area (Å²) >= 11 is 6.01. The molecule has 0 N–H and O–H groups in total. The van der Waals surface area contributed by atoms with Crippen molar-refractivity contribution in [3.8, 4) is 0 Å². The van der Waals surface area contributed by atoms with E-state index in [9.17, 15) is 9.59 Å². The molecule has 0 unspecified atom stereocenters. The van der Waals surface area contributed by atoms with Crippen LogP contribution in [0.3, 0.4) is 0 Å². The highest BCUT2D eigenvalue weighted by molar-refractivity contribution is 6.31. The molecule has 1 aromatic carbocycles. The van der Waals surface area contributed by atoms with Crippen LogP contribution in [-0.2, 0) is 9.53 Å². The fraction of sp³-hybridized carbons (Fsp3) is 0.500. The summed E-state index contributed by atoms with van der Waals surface area (Å²) in [6.45, 7) is 5.15. The number of benzene rings is 1. The minimum atomic E-state index is -0.220. The second-order valence-corrected chi connectivity index (χ2v) is 5.80. The van der Waals surface area contributed by atoms with Crippen LogP contribution in [0.5, 0.6) is 0 Å². The largest absolute Gasteiger partial charge is 0.466 e. The normalized spacial score (nSPS) is 18.4. The summed E-state index contributed by atoms with van der Waals surface area (Å²) in [4.78, 5) is 26.1. The maximum atomic E-state index is 12.5. The number of carbonyl (C=O) groups is 2. The second kappa shape index (κ2) is 6.94. The van der Waals surface area contributed by atoms with Gasteiger partial charge in [0.2, 0.25) is 0 Å². The first-order chi connectivity index (χ1) is 10.0. The van der Waals surface area contributed by atoms with E-state index in [2.05, 4.69) is 0 Å². The number of piperidine rings is 1. The van der Waals surface area contributed by atoms with Crippen molar-refractivity contribution in [1.82, 2.24) is 4.90 Å². The highest BCUT2D eigenvalue weighted by Gasteiger charge is 2.29. The van der Waals surface area contributed by atoms with Crippen LogP contribution in [0.25, 0.3) is 0 Å². The number of halogens is 1. The maximum Gasteiger partial charge on any atom is 0.310 e. The van der Waals surface area contributed by atoms with Gasteiger partial charge in [-0.05, 0) is 50.5 Å². The molecule has 1 aliphatic rings. The molecule has 114 valence electrons. The van der Waals surface area contributed by atoms with Crippen molar-refractivity contribution in [3.63, 3.8) is 0 Å². The van der Waals surface area contributed by atoms with Gasteiger partial charge in [-0.15, -0.1) is 0 Å². The van der Waals surface area contributed by atoms with Gasteiger partial charge in [-0.1, -0.05) is 11.6 Å². The van der Waals surface area contributed by atoms with E-state index in [1.165, 1.54) is 0 Å². The van der Waals surface area contributed by atoms with Crippen molar-refractivity contribution < 1.29 is 14.3 Å². The molecule has 5 heteroatoms. The lowest BCUT2D eigenvalue weighted by atomic mass is 9.97. The third-order valence-corrected chi connectivity index (χ3v) is 3.84. The number of esters is 1. The Hall–Kier alpha value is -1.55. The van der Waals surface area contributed by atoms with E-state index >= 15 is 0 Å². The number of amides is 1. The number of nitrogens with zero attached hydrogens (tertiary/aromatic N) is 1. The zero-order valence-corrected chi connectivity index (χ0v) is 13.2. The predicted octanol–water partition coefficient (Wildman–Crippen LogP) is 3.06. The third-order valence-electron chi connectivity index (χ3n) is 3.62. The SMILES string of the molecule is CCOC(=O)[C@@H]1CCCN(C(=O)c2cc(C)cc(Cl)c2)C1. The van der Waals surface area contributed by atoms with E-state index < -0.39 is 0 Å². The topological polar surface area (TPSA) is 46.6 Å². The van der Waals surface area contributed by atoms with E-state index in [-0.39, 0.29) is 17.8 Å². The Labute approximate surface area is 130 Å². The van der Waals surface area contributed by atoms with Crippen LogP contribution in [0.2, 0.25) is 5.02 Å². The van der Waals surface area contributed by atoms with Gasteiger partial charge in [0.25, 0.3) is 5.91 Å². The molecule has 2 rings (SSSR count). The molecule has 0 spiro atoms. The molecule has 1 amide bonds. The van der Waals surface area contributed by atoms with E-state index in [1.807, 2.05) is 19.1 Å². The van der Waals surface area contributed by atoms with Gasteiger partial charge in [0.05, 0.1) is 12.5 Å². The Morgan fingerprint density at radius 1 is 1.38 bits per heavy atom. The lowest BCUT2D eigenvalue weighted by molar-refractivity contribution is -0.149. The predicted molar refractivity (Wildman–Crippen MR) is 81.4 cm³/mol. The van der Waals surface area contributed by atoms with Crippen LogP contribution in [0.1, 0.15) is 35.7 Å². The van der Waals surface area contributed by atoms with Gasteiger partial charge < -0.3 is 9.64 Å². The fourth-order valence-corrected chi connectivity index (χ4v) is 2.95. The molecule has 0 aliphatic carbocycles. The average Bonchev–Trinajstić information content (AvgIpc) is 2.46. The monoisotopic (exact) mass is 309 g/mol. The highest BCUT2D eigenvalue weighted by Crippen LogP contribution is 2.22. The molecule has 0 aromatic heterocycles. The summed E-state index contributed by atoms with van der Waals surface area (Å²) in [5.74, 6) is -0.505. The van der Waals surface area contributed by atoms with Crippen LogP contribution in [0.15, 0.2) is 18.2 Å². The molecule has 4 nitrogen and oxygen atoms in total. The number of hydrogen-bond acceptors (Lipinski definition) is 3. The lowest BCUT2D eigenvalue weighted by Crippen LogP contribution is -2.42. The minimum Gasteiger partial charge on any atom is -0.466 e. The molecule has 1 saturated heterocycles. The summed E-state index contributed by atoms with van der Waals surface area (Å²) < 4.78 is 5.06. The number of likely N-dealkylation sites (tertiary alicyclic amines) is 1. The van der Waals surface area contributed by atoms with Crippen LogP contribution in [0, 0.1) is 12.8 Å². The zero-order valence-electron chi connectivity index (χ0n) is 12.4. The third kappa shape index (κ3) is 3.97. The summed E-state index contributed by atoms with van der Waals surface area (Å²) in [7, 11) is 0. The second-order valence-electron chi connectivity index (χ2n) is 5.36. The van der Waals surface area contributed by atoms with Crippen LogP contribution in [-0.4, -0.2) is 36.5 Å². The van der Waals surface area contributed by atoms with Gasteiger partial charge in [-0.2, -0.15) is 0 Å². The van der Waals surface area contributed by atoms with Crippen molar-refractivity contribution in [2.45, 2.75) is 26.7 Å². The number of carbonyl (C=O) groups excluding carboxylic acids is 2. The van der Waals surface area contributed by atoms with Gasteiger partial charge in [0, 0.05) is 23.7 Å². The van der Waals surface area contributed by atoms with Gasteiger partial charge in [0.1, 0.15) is 0 Å². The maximum absolute atomic E-state index is 12.5. The zero-order chi connectivity index (χ0) is 15.4. The molecule has 0 saturated carbocycles. The smallest absolute Gasteiger partial charge is 0.310 e. The van der Waals surface area contributed by atoms with Gasteiger partial charge in [0.15, 0.2) is 0 Å². The van der Waals surface area contributed by atoms with Gasteiger partial charge in [-0.3, -0.25) is 9.59 Å². The van der Waals surface area contributed by atoms with E-state index in [4.69, 9.17) is 16.3 Å². The van der Waals surface area contributed by atoms with Crippen molar-refractivity contribution in [2.24, 2.45) is 5.92 Å². The van der Waals surface area contributed by atoms with E-state index in [1.54, 1.807) is 17.9 Å². The molecule has 1 atom stereocenters. The number of aryl methyl sites for hydroxylation is 1. The summed E-state index contributed by atoms with van der Waals surface area (Å²) in [5.41, 5.74) is 1.52. The Kier molecular flexibility index (Phi) is 5.23. The first-order valence-corrected chi connectivity index (χ1v) is 7.62. The highest BCUT2D eigenvalue weighted by atomic mass is 35.5. The van der Waals surface area contributed by atoms with Crippen molar-refractivity contribution in [3.05, 3.63) is 34.3 Å². The van der Waals surface area contributed by atoms with Crippen LogP contribution in [0.4, 0.5) is 0 Å². The van der Waals surface area contributed by atoms with Crippen molar-refractivity contribution in [1.29, 1.82) is 0 Å². The number of rotatable bonds is 3. The molecule has 1 aliphatic heterocycles. The Morgan fingerprint density at radius 2 is 2.14 bits per heavy atom. The van der Waals surface area contributed by atoms with Crippen LogP contribution < -0.4 is 0 Å².